The maximum Gasteiger partial charge on any atom is 0.242 e. The van der Waals surface area contributed by atoms with Gasteiger partial charge < -0.3 is 5.32 Å². The lowest BCUT2D eigenvalue weighted by Crippen LogP contribution is -2.30. The molecule has 5 heteroatoms. The van der Waals surface area contributed by atoms with E-state index in [0.717, 1.165) is 5.56 Å². The molecule has 0 bridgehead atoms. The van der Waals surface area contributed by atoms with Crippen molar-refractivity contribution in [3.8, 4) is 0 Å². The molecule has 0 radical (unpaired) electrons. The van der Waals surface area contributed by atoms with Crippen LogP contribution in [0.4, 0.5) is 0 Å². The second kappa shape index (κ2) is 5.75. The van der Waals surface area contributed by atoms with Gasteiger partial charge in [0.1, 0.15) is 19.2 Å². The van der Waals surface area contributed by atoms with Gasteiger partial charge in [-0.2, -0.15) is 5.10 Å². The molecule has 1 aromatic heterocycles. The summed E-state index contributed by atoms with van der Waals surface area (Å²) in [6.45, 7) is 2.15. The summed E-state index contributed by atoms with van der Waals surface area (Å²) in [7, 11) is 0. The Bertz CT molecular complexity index is 752. The van der Waals surface area contributed by atoms with Gasteiger partial charge in [0.05, 0.1) is 6.04 Å². The lowest BCUT2D eigenvalue weighted by atomic mass is 10.0. The van der Waals surface area contributed by atoms with Crippen molar-refractivity contribution in [2.45, 2.75) is 19.5 Å². The maximum absolute atomic E-state index is 12.0. The highest BCUT2D eigenvalue weighted by atomic mass is 16.2. The molecule has 0 spiro atoms. The van der Waals surface area contributed by atoms with E-state index in [9.17, 15) is 4.79 Å². The molecule has 2 aromatic carbocycles. The predicted octanol–water partition coefficient (Wildman–Crippen LogP) is 2.31. The van der Waals surface area contributed by atoms with Gasteiger partial charge in [0, 0.05) is 0 Å². The number of carbonyl (C=O) groups is 1. The maximum atomic E-state index is 12.0. The van der Waals surface area contributed by atoms with Crippen LogP contribution in [-0.2, 0) is 11.3 Å². The minimum atomic E-state index is -0.0823. The van der Waals surface area contributed by atoms with Crippen LogP contribution in [0, 0.1) is 0 Å². The fourth-order valence-electron chi connectivity index (χ4n) is 2.31. The molecular formula is C16H16N4O. The van der Waals surface area contributed by atoms with Gasteiger partial charge in [0.15, 0.2) is 0 Å². The Morgan fingerprint density at radius 2 is 2.05 bits per heavy atom. The SMILES string of the molecule is C[C@@H](NC(=O)Cn1cncn1)c1ccc2ccccc2c1. The first-order valence-corrected chi connectivity index (χ1v) is 6.83. The molecule has 0 fully saturated rings. The van der Waals surface area contributed by atoms with Gasteiger partial charge in [-0.25, -0.2) is 9.67 Å². The number of hydrogen-bond donors (Lipinski definition) is 1. The first kappa shape index (κ1) is 13.3. The molecule has 0 saturated heterocycles. The van der Waals surface area contributed by atoms with E-state index in [0.29, 0.717) is 0 Å². The van der Waals surface area contributed by atoms with Crippen molar-refractivity contribution in [1.82, 2.24) is 20.1 Å². The summed E-state index contributed by atoms with van der Waals surface area (Å²) in [4.78, 5) is 15.8. The largest absolute Gasteiger partial charge is 0.348 e. The van der Waals surface area contributed by atoms with Crippen molar-refractivity contribution < 1.29 is 4.79 Å². The number of carbonyl (C=O) groups excluding carboxylic acids is 1. The monoisotopic (exact) mass is 280 g/mol. The molecule has 1 N–H and O–H groups in total. The Morgan fingerprint density at radius 3 is 2.81 bits per heavy atom. The fraction of sp³-hybridized carbons (Fsp3) is 0.188. The van der Waals surface area contributed by atoms with Gasteiger partial charge in [-0.1, -0.05) is 36.4 Å². The predicted molar refractivity (Wildman–Crippen MR) is 80.5 cm³/mol. The highest BCUT2D eigenvalue weighted by Crippen LogP contribution is 2.20. The molecular weight excluding hydrogens is 264 g/mol. The van der Waals surface area contributed by atoms with E-state index in [1.165, 1.54) is 28.1 Å². The molecule has 5 nitrogen and oxygen atoms in total. The number of rotatable bonds is 4. The number of nitrogens with one attached hydrogen (secondary N) is 1. The van der Waals surface area contributed by atoms with E-state index in [-0.39, 0.29) is 18.5 Å². The normalized spacial score (nSPS) is 12.2. The number of benzene rings is 2. The van der Waals surface area contributed by atoms with Crippen LogP contribution in [0.1, 0.15) is 18.5 Å². The van der Waals surface area contributed by atoms with Crippen LogP contribution >= 0.6 is 0 Å². The third-order valence-corrected chi connectivity index (χ3v) is 3.42. The molecule has 0 aliphatic heterocycles. The first-order chi connectivity index (χ1) is 10.2. The zero-order chi connectivity index (χ0) is 14.7. The van der Waals surface area contributed by atoms with Crippen molar-refractivity contribution in [1.29, 1.82) is 0 Å². The summed E-state index contributed by atoms with van der Waals surface area (Å²) in [6.07, 6.45) is 2.94. The van der Waals surface area contributed by atoms with E-state index in [1.54, 1.807) is 0 Å². The standard InChI is InChI=1S/C16H16N4O/c1-12(19-16(21)9-20-11-17-10-18-20)14-7-6-13-4-2-3-5-15(13)8-14/h2-8,10-12H,9H2,1H3,(H,19,21)/t12-/m1/s1. The minimum absolute atomic E-state index is 0.0503. The van der Waals surface area contributed by atoms with E-state index in [4.69, 9.17) is 0 Å². The van der Waals surface area contributed by atoms with Crippen LogP contribution in [-0.4, -0.2) is 20.7 Å². The van der Waals surface area contributed by atoms with Gasteiger partial charge in [-0.3, -0.25) is 4.79 Å². The first-order valence-electron chi connectivity index (χ1n) is 6.83. The third kappa shape index (κ3) is 3.08. The lowest BCUT2D eigenvalue weighted by Gasteiger charge is -2.15. The highest BCUT2D eigenvalue weighted by Gasteiger charge is 2.10. The number of aromatic nitrogens is 3. The second-order valence-corrected chi connectivity index (χ2v) is 4.99. The summed E-state index contributed by atoms with van der Waals surface area (Å²) in [6, 6.07) is 14.4. The molecule has 1 heterocycles. The van der Waals surface area contributed by atoms with Gasteiger partial charge in [0.25, 0.3) is 0 Å². The van der Waals surface area contributed by atoms with Crippen LogP contribution in [0.5, 0.6) is 0 Å². The van der Waals surface area contributed by atoms with Gasteiger partial charge >= 0.3 is 0 Å². The van der Waals surface area contributed by atoms with E-state index < -0.39 is 0 Å². The Labute approximate surface area is 122 Å². The molecule has 0 unspecified atom stereocenters. The number of amides is 1. The van der Waals surface area contributed by atoms with Crippen LogP contribution in [0.2, 0.25) is 0 Å². The summed E-state index contributed by atoms with van der Waals surface area (Å²) in [5, 5.41) is 9.26. The van der Waals surface area contributed by atoms with E-state index >= 15 is 0 Å². The minimum Gasteiger partial charge on any atom is -0.348 e. The third-order valence-electron chi connectivity index (χ3n) is 3.42. The second-order valence-electron chi connectivity index (χ2n) is 4.99. The fourth-order valence-corrected chi connectivity index (χ4v) is 2.31. The van der Waals surface area contributed by atoms with Crippen molar-refractivity contribution >= 4 is 16.7 Å². The Morgan fingerprint density at radius 1 is 1.24 bits per heavy atom. The van der Waals surface area contributed by atoms with Gasteiger partial charge in [-0.15, -0.1) is 0 Å². The smallest absolute Gasteiger partial charge is 0.242 e. The molecule has 0 saturated carbocycles. The summed E-state index contributed by atoms with van der Waals surface area (Å²) >= 11 is 0. The van der Waals surface area contributed by atoms with Crippen molar-refractivity contribution in [2.24, 2.45) is 0 Å². The van der Waals surface area contributed by atoms with E-state index in [1.807, 2.05) is 25.1 Å². The average Bonchev–Trinajstić information content (AvgIpc) is 2.99. The zero-order valence-corrected chi connectivity index (χ0v) is 11.7. The van der Waals surface area contributed by atoms with Crippen molar-refractivity contribution in [3.05, 3.63) is 60.7 Å². The van der Waals surface area contributed by atoms with Crippen LogP contribution in [0.15, 0.2) is 55.1 Å². The number of fused-ring (bicyclic) bond motifs is 1. The molecule has 0 aliphatic rings. The van der Waals surface area contributed by atoms with Crippen LogP contribution in [0.25, 0.3) is 10.8 Å². The molecule has 1 amide bonds. The molecule has 1 atom stereocenters. The summed E-state index contributed by atoms with van der Waals surface area (Å²) in [5.74, 6) is -0.0823. The summed E-state index contributed by atoms with van der Waals surface area (Å²) in [5.41, 5.74) is 1.08. The average molecular weight is 280 g/mol. The van der Waals surface area contributed by atoms with Gasteiger partial charge in [-0.05, 0) is 29.3 Å². The highest BCUT2D eigenvalue weighted by molar-refractivity contribution is 5.83. The van der Waals surface area contributed by atoms with Gasteiger partial charge in [0.2, 0.25) is 5.91 Å². The van der Waals surface area contributed by atoms with Crippen LogP contribution < -0.4 is 5.32 Å². The topological polar surface area (TPSA) is 59.8 Å². The Kier molecular flexibility index (Phi) is 3.64. The zero-order valence-electron chi connectivity index (χ0n) is 11.7. The number of hydrogen-bond acceptors (Lipinski definition) is 3. The Hall–Kier alpha value is -2.69. The lowest BCUT2D eigenvalue weighted by molar-refractivity contribution is -0.122. The Balaban J connectivity index is 1.71. The molecule has 106 valence electrons. The van der Waals surface area contributed by atoms with Crippen LogP contribution in [0.3, 0.4) is 0 Å². The molecule has 21 heavy (non-hydrogen) atoms. The quantitative estimate of drug-likeness (QED) is 0.797. The number of nitrogens with zero attached hydrogens (tertiary/aromatic N) is 3. The van der Waals surface area contributed by atoms with Crippen molar-refractivity contribution in [2.75, 3.05) is 0 Å². The molecule has 0 aliphatic carbocycles. The van der Waals surface area contributed by atoms with Crippen molar-refractivity contribution in [3.63, 3.8) is 0 Å². The van der Waals surface area contributed by atoms with E-state index in [2.05, 4.69) is 39.7 Å². The summed E-state index contributed by atoms with van der Waals surface area (Å²) < 4.78 is 1.50. The molecule has 3 rings (SSSR count). The molecule has 3 aromatic rings.